The van der Waals surface area contributed by atoms with E-state index in [0.717, 1.165) is 43.9 Å². The molecule has 0 fully saturated rings. The van der Waals surface area contributed by atoms with Gasteiger partial charge in [0.2, 0.25) is 0 Å². The Bertz CT molecular complexity index is 1170. The summed E-state index contributed by atoms with van der Waals surface area (Å²) in [7, 11) is 0. The maximum Gasteiger partial charge on any atom is 0.166 e. The van der Waals surface area contributed by atoms with Crippen LogP contribution in [0.3, 0.4) is 0 Å². The number of hydrogen-bond acceptors (Lipinski definition) is 4. The molecule has 0 aliphatic carbocycles. The first kappa shape index (κ1) is 19.3. The molecule has 6 heteroatoms. The van der Waals surface area contributed by atoms with Gasteiger partial charge in [-0.25, -0.2) is 9.97 Å². The predicted octanol–water partition coefficient (Wildman–Crippen LogP) is 6.64. The van der Waals surface area contributed by atoms with Crippen molar-refractivity contribution < 1.29 is 0 Å². The molecule has 0 unspecified atom stereocenters. The summed E-state index contributed by atoms with van der Waals surface area (Å²) < 4.78 is 0. The highest BCUT2D eigenvalue weighted by Crippen LogP contribution is 2.29. The molecule has 0 radical (unpaired) electrons. The van der Waals surface area contributed by atoms with E-state index < -0.39 is 0 Å². The number of nitrogens with one attached hydrogen (secondary N) is 2. The Morgan fingerprint density at radius 3 is 1.53 bits per heavy atom. The molecule has 0 aliphatic rings. The molecule has 2 heterocycles. The van der Waals surface area contributed by atoms with Gasteiger partial charge in [0, 0.05) is 11.5 Å². The molecule has 0 bridgehead atoms. The van der Waals surface area contributed by atoms with Crippen LogP contribution in [0, 0.1) is 13.8 Å². The zero-order valence-corrected chi connectivity index (χ0v) is 18.5. The maximum absolute atomic E-state index is 4.67. The molecule has 0 amide bonds. The first-order valence-electron chi connectivity index (χ1n) is 9.90. The summed E-state index contributed by atoms with van der Waals surface area (Å²) in [6, 6.07) is 21.0. The molecule has 4 nitrogen and oxygen atoms in total. The van der Waals surface area contributed by atoms with Gasteiger partial charge in [0.05, 0.1) is 22.1 Å². The van der Waals surface area contributed by atoms with E-state index >= 15 is 0 Å². The van der Waals surface area contributed by atoms with Crippen molar-refractivity contribution in [3.63, 3.8) is 0 Å². The average molecular weight is 431 g/mol. The topological polar surface area (TPSA) is 57.4 Å². The maximum atomic E-state index is 4.67. The van der Waals surface area contributed by atoms with Crippen molar-refractivity contribution in [2.45, 2.75) is 35.7 Å². The molecule has 30 heavy (non-hydrogen) atoms. The van der Waals surface area contributed by atoms with Gasteiger partial charge in [-0.3, -0.25) is 0 Å². The molecule has 0 atom stereocenters. The van der Waals surface area contributed by atoms with Crippen LogP contribution in [-0.2, 0) is 11.5 Å². The van der Waals surface area contributed by atoms with E-state index in [0.29, 0.717) is 0 Å². The lowest BCUT2D eigenvalue weighted by Gasteiger charge is -2.11. The molecule has 3 aromatic carbocycles. The number of rotatable bonds is 6. The van der Waals surface area contributed by atoms with Gasteiger partial charge < -0.3 is 9.97 Å². The summed E-state index contributed by atoms with van der Waals surface area (Å²) in [4.78, 5) is 16.1. The third-order valence-corrected chi connectivity index (χ3v) is 7.10. The van der Waals surface area contributed by atoms with Gasteiger partial charge in [-0.1, -0.05) is 59.9 Å². The van der Waals surface area contributed by atoms with Gasteiger partial charge in [0.1, 0.15) is 0 Å². The Morgan fingerprint density at radius 2 is 1.10 bits per heavy atom. The normalized spacial score (nSPS) is 11.5. The van der Waals surface area contributed by atoms with Gasteiger partial charge >= 0.3 is 0 Å². The molecule has 5 aromatic rings. The second-order valence-electron chi connectivity index (χ2n) is 7.40. The van der Waals surface area contributed by atoms with Crippen LogP contribution in [0.5, 0.6) is 0 Å². The summed E-state index contributed by atoms with van der Waals surface area (Å²) in [5, 5.41) is 1.94. The number of para-hydroxylation sites is 4. The van der Waals surface area contributed by atoms with Crippen molar-refractivity contribution in [2.24, 2.45) is 0 Å². The molecule has 0 saturated heterocycles. The van der Waals surface area contributed by atoms with Crippen molar-refractivity contribution >= 4 is 45.6 Å². The Hall–Kier alpha value is -2.70. The number of aryl methyl sites for hydroxylation is 2. The van der Waals surface area contributed by atoms with Crippen molar-refractivity contribution in [2.75, 3.05) is 0 Å². The summed E-state index contributed by atoms with van der Waals surface area (Å²) in [5.74, 6) is 1.81. The van der Waals surface area contributed by atoms with Crippen LogP contribution in [0.4, 0.5) is 0 Å². The number of aromatic amines is 2. The largest absolute Gasteiger partial charge is 0.333 e. The van der Waals surface area contributed by atoms with Crippen LogP contribution in [0.15, 0.2) is 71.0 Å². The number of thioether (sulfide) groups is 2. The van der Waals surface area contributed by atoms with Crippen molar-refractivity contribution in [3.05, 3.63) is 82.9 Å². The number of benzene rings is 3. The molecular formula is C24H22N4S2. The van der Waals surface area contributed by atoms with Crippen molar-refractivity contribution in [3.8, 4) is 0 Å². The Kier molecular flexibility index (Phi) is 5.27. The molecule has 0 aliphatic heterocycles. The molecule has 5 rings (SSSR count). The Balaban J connectivity index is 1.27. The Labute approximate surface area is 183 Å². The van der Waals surface area contributed by atoms with Gasteiger partial charge in [0.25, 0.3) is 0 Å². The molecule has 2 N–H and O–H groups in total. The lowest BCUT2D eigenvalue weighted by Crippen LogP contribution is -1.95. The van der Waals surface area contributed by atoms with Gasteiger partial charge in [-0.2, -0.15) is 0 Å². The van der Waals surface area contributed by atoms with E-state index in [1.807, 2.05) is 36.4 Å². The lowest BCUT2D eigenvalue weighted by atomic mass is 10.0. The number of fused-ring (bicyclic) bond motifs is 2. The highest BCUT2D eigenvalue weighted by Gasteiger charge is 2.10. The number of imidazole rings is 2. The summed E-state index contributed by atoms with van der Waals surface area (Å²) in [6.07, 6.45) is 0. The monoisotopic (exact) mass is 430 g/mol. The second kappa shape index (κ2) is 8.20. The van der Waals surface area contributed by atoms with E-state index in [2.05, 4.69) is 58.0 Å². The van der Waals surface area contributed by atoms with Gasteiger partial charge in [0.15, 0.2) is 10.3 Å². The van der Waals surface area contributed by atoms with Crippen LogP contribution < -0.4 is 0 Å². The van der Waals surface area contributed by atoms with E-state index in [-0.39, 0.29) is 0 Å². The summed E-state index contributed by atoms with van der Waals surface area (Å²) in [5.41, 5.74) is 9.58. The minimum absolute atomic E-state index is 0.906. The Morgan fingerprint density at radius 1 is 0.667 bits per heavy atom. The van der Waals surface area contributed by atoms with Crippen molar-refractivity contribution in [1.82, 2.24) is 19.9 Å². The smallest absolute Gasteiger partial charge is 0.166 e. The zero-order chi connectivity index (χ0) is 20.5. The number of aromatic nitrogens is 4. The lowest BCUT2D eigenvalue weighted by molar-refractivity contribution is 1.07. The van der Waals surface area contributed by atoms with Crippen LogP contribution in [-0.4, -0.2) is 19.9 Å². The second-order valence-corrected chi connectivity index (χ2v) is 9.33. The number of H-pyrrole nitrogens is 2. The highest BCUT2D eigenvalue weighted by atomic mass is 32.2. The first-order valence-corrected chi connectivity index (χ1v) is 11.9. The van der Waals surface area contributed by atoms with Gasteiger partial charge in [-0.15, -0.1) is 0 Å². The molecule has 0 saturated carbocycles. The number of hydrogen-bond donors (Lipinski definition) is 2. The van der Waals surface area contributed by atoms with E-state index in [9.17, 15) is 0 Å². The SMILES string of the molecule is Cc1cc(CSc2nc3ccccc3[nH]2)c(C)cc1CSc1nc2ccccc2[nH]1. The van der Waals surface area contributed by atoms with E-state index in [1.54, 1.807) is 23.5 Å². The fourth-order valence-corrected chi connectivity index (χ4v) is 5.43. The molecular weight excluding hydrogens is 408 g/mol. The van der Waals surface area contributed by atoms with E-state index in [1.165, 1.54) is 22.3 Å². The third kappa shape index (κ3) is 3.98. The van der Waals surface area contributed by atoms with E-state index in [4.69, 9.17) is 0 Å². The molecule has 150 valence electrons. The molecule has 0 spiro atoms. The summed E-state index contributed by atoms with van der Waals surface area (Å²) >= 11 is 3.51. The van der Waals surface area contributed by atoms with Crippen LogP contribution >= 0.6 is 23.5 Å². The van der Waals surface area contributed by atoms with Crippen LogP contribution in [0.2, 0.25) is 0 Å². The predicted molar refractivity (Wildman–Crippen MR) is 127 cm³/mol. The molecule has 2 aromatic heterocycles. The van der Waals surface area contributed by atoms with Crippen LogP contribution in [0.1, 0.15) is 22.3 Å². The fraction of sp³-hybridized carbons (Fsp3) is 0.167. The minimum atomic E-state index is 0.906. The number of nitrogens with zero attached hydrogens (tertiary/aromatic N) is 2. The summed E-state index contributed by atoms with van der Waals surface area (Å²) in [6.45, 7) is 4.40. The quantitative estimate of drug-likeness (QED) is 0.296. The van der Waals surface area contributed by atoms with Gasteiger partial charge in [-0.05, 0) is 60.4 Å². The van der Waals surface area contributed by atoms with Crippen molar-refractivity contribution in [1.29, 1.82) is 0 Å². The standard InChI is InChI=1S/C24H22N4S2/c1-15-11-18(14-30-24-27-21-9-5-6-10-22(21)28-24)16(2)12-17(15)13-29-23-25-19-7-3-4-8-20(19)26-23/h3-12H,13-14H2,1-2H3,(H,25,26)(H,27,28). The highest BCUT2D eigenvalue weighted by molar-refractivity contribution is 7.98. The minimum Gasteiger partial charge on any atom is -0.333 e. The fourth-order valence-electron chi connectivity index (χ4n) is 3.53. The zero-order valence-electron chi connectivity index (χ0n) is 16.9. The van der Waals surface area contributed by atoms with Crippen LogP contribution in [0.25, 0.3) is 22.1 Å². The third-order valence-electron chi connectivity index (χ3n) is 5.26. The first-order chi connectivity index (χ1) is 14.7. The average Bonchev–Trinajstić information content (AvgIpc) is 3.36.